The SMILES string of the molecule is CCC(Sc1nncn2c1cc1sccc12)C(=O)N1CCOCC1. The lowest BCUT2D eigenvalue weighted by atomic mass is 10.2. The molecule has 1 saturated heterocycles. The van der Waals surface area contributed by atoms with Crippen LogP contribution in [0.25, 0.3) is 15.7 Å². The number of hydrogen-bond donors (Lipinski definition) is 0. The largest absolute Gasteiger partial charge is 0.378 e. The Labute approximate surface area is 147 Å². The Kier molecular flexibility index (Phi) is 4.43. The highest BCUT2D eigenvalue weighted by atomic mass is 32.2. The van der Waals surface area contributed by atoms with E-state index >= 15 is 0 Å². The zero-order chi connectivity index (χ0) is 16.5. The van der Waals surface area contributed by atoms with Crippen molar-refractivity contribution in [2.75, 3.05) is 26.3 Å². The van der Waals surface area contributed by atoms with E-state index in [1.165, 1.54) is 16.5 Å². The third-order valence-electron chi connectivity index (χ3n) is 4.22. The lowest BCUT2D eigenvalue weighted by Gasteiger charge is -2.29. The van der Waals surface area contributed by atoms with Crippen LogP contribution < -0.4 is 0 Å². The summed E-state index contributed by atoms with van der Waals surface area (Å²) in [7, 11) is 0. The highest BCUT2D eigenvalue weighted by Gasteiger charge is 2.26. The van der Waals surface area contributed by atoms with Crippen molar-refractivity contribution in [1.82, 2.24) is 19.5 Å². The summed E-state index contributed by atoms with van der Waals surface area (Å²) in [6.45, 7) is 4.63. The highest BCUT2D eigenvalue weighted by Crippen LogP contribution is 2.33. The van der Waals surface area contributed by atoms with Crippen molar-refractivity contribution in [3.05, 3.63) is 23.8 Å². The van der Waals surface area contributed by atoms with Crippen LogP contribution in [-0.4, -0.2) is 57.0 Å². The van der Waals surface area contributed by atoms with Gasteiger partial charge in [-0.25, -0.2) is 0 Å². The molecule has 4 rings (SSSR count). The van der Waals surface area contributed by atoms with Crippen LogP contribution in [0, 0.1) is 0 Å². The lowest BCUT2D eigenvalue weighted by molar-refractivity contribution is -0.134. The number of carbonyl (C=O) groups is 1. The molecule has 1 fully saturated rings. The van der Waals surface area contributed by atoms with Gasteiger partial charge in [0.2, 0.25) is 5.91 Å². The van der Waals surface area contributed by atoms with Gasteiger partial charge in [0.25, 0.3) is 0 Å². The topological polar surface area (TPSA) is 59.7 Å². The Morgan fingerprint density at radius 2 is 2.25 bits per heavy atom. The molecule has 126 valence electrons. The number of thiophene rings is 1. The number of fused-ring (bicyclic) bond motifs is 3. The second-order valence-electron chi connectivity index (χ2n) is 5.66. The summed E-state index contributed by atoms with van der Waals surface area (Å²) in [5.41, 5.74) is 2.16. The van der Waals surface area contributed by atoms with Crippen molar-refractivity contribution in [3.8, 4) is 0 Å². The van der Waals surface area contributed by atoms with Gasteiger partial charge in [0, 0.05) is 13.1 Å². The average molecular weight is 362 g/mol. The van der Waals surface area contributed by atoms with Crippen LogP contribution in [0.5, 0.6) is 0 Å². The number of rotatable bonds is 4. The minimum absolute atomic E-state index is 0.142. The second kappa shape index (κ2) is 6.70. The Morgan fingerprint density at radius 1 is 1.42 bits per heavy atom. The van der Waals surface area contributed by atoms with Gasteiger partial charge in [-0.2, -0.15) is 0 Å². The number of carbonyl (C=O) groups excluding carboxylic acids is 1. The fourth-order valence-electron chi connectivity index (χ4n) is 2.93. The van der Waals surface area contributed by atoms with E-state index in [4.69, 9.17) is 4.74 Å². The fraction of sp³-hybridized carbons (Fsp3) is 0.438. The monoisotopic (exact) mass is 362 g/mol. The second-order valence-corrected chi connectivity index (χ2v) is 7.80. The third-order valence-corrected chi connectivity index (χ3v) is 6.40. The molecule has 8 heteroatoms. The number of amides is 1. The minimum Gasteiger partial charge on any atom is -0.378 e. The van der Waals surface area contributed by atoms with Crippen molar-refractivity contribution in [3.63, 3.8) is 0 Å². The van der Waals surface area contributed by atoms with E-state index in [0.29, 0.717) is 26.3 Å². The molecule has 3 aromatic heterocycles. The molecule has 4 heterocycles. The minimum atomic E-state index is -0.142. The molecule has 0 spiro atoms. The molecule has 0 aliphatic carbocycles. The molecular weight excluding hydrogens is 344 g/mol. The zero-order valence-corrected chi connectivity index (χ0v) is 15.0. The smallest absolute Gasteiger partial charge is 0.236 e. The molecule has 0 saturated carbocycles. The predicted octanol–water partition coefficient (Wildman–Crippen LogP) is 2.67. The Bertz CT molecular complexity index is 869. The van der Waals surface area contributed by atoms with Gasteiger partial charge < -0.3 is 9.64 Å². The van der Waals surface area contributed by atoms with Gasteiger partial charge >= 0.3 is 0 Å². The molecule has 0 N–H and O–H groups in total. The van der Waals surface area contributed by atoms with Crippen molar-refractivity contribution in [1.29, 1.82) is 0 Å². The summed E-state index contributed by atoms with van der Waals surface area (Å²) in [5, 5.41) is 11.2. The number of aromatic nitrogens is 3. The molecule has 0 bridgehead atoms. The first-order valence-electron chi connectivity index (χ1n) is 8.01. The summed E-state index contributed by atoms with van der Waals surface area (Å²) < 4.78 is 8.60. The molecule has 1 aliphatic heterocycles. The van der Waals surface area contributed by atoms with E-state index in [2.05, 4.69) is 27.7 Å². The number of thioether (sulfide) groups is 1. The standard InChI is InChI=1S/C16H18N4O2S2/c1-2-13(16(21)19-4-6-22-7-5-19)24-15-12-9-14-11(3-8-23-14)20(12)10-17-18-15/h3,8-10,13H,2,4-7H2,1H3. The molecular formula is C16H18N4O2S2. The lowest BCUT2D eigenvalue weighted by Crippen LogP contribution is -2.44. The van der Waals surface area contributed by atoms with Crippen LogP contribution in [0.4, 0.5) is 0 Å². The maximum Gasteiger partial charge on any atom is 0.236 e. The summed E-state index contributed by atoms with van der Waals surface area (Å²) in [5.74, 6) is 0.169. The van der Waals surface area contributed by atoms with Crippen LogP contribution in [0.2, 0.25) is 0 Å². The first-order chi connectivity index (χ1) is 11.8. The maximum atomic E-state index is 12.8. The highest BCUT2D eigenvalue weighted by molar-refractivity contribution is 8.00. The normalized spacial score (nSPS) is 16.8. The average Bonchev–Trinajstić information content (AvgIpc) is 3.21. The molecule has 1 amide bonds. The molecule has 1 atom stereocenters. The summed E-state index contributed by atoms with van der Waals surface area (Å²) >= 11 is 3.22. The van der Waals surface area contributed by atoms with Crippen molar-refractivity contribution < 1.29 is 9.53 Å². The summed E-state index contributed by atoms with van der Waals surface area (Å²) in [6, 6.07) is 4.21. The van der Waals surface area contributed by atoms with Gasteiger partial charge in [-0.3, -0.25) is 9.20 Å². The van der Waals surface area contributed by atoms with Gasteiger partial charge in [0.15, 0.2) is 0 Å². The predicted molar refractivity (Wildman–Crippen MR) is 95.7 cm³/mol. The summed E-state index contributed by atoms with van der Waals surface area (Å²) in [4.78, 5) is 14.7. The van der Waals surface area contributed by atoms with Gasteiger partial charge in [-0.1, -0.05) is 18.7 Å². The first-order valence-corrected chi connectivity index (χ1v) is 9.77. The van der Waals surface area contributed by atoms with Gasteiger partial charge in [-0.05, 0) is 23.9 Å². The molecule has 6 nitrogen and oxygen atoms in total. The van der Waals surface area contributed by atoms with Crippen molar-refractivity contribution in [2.45, 2.75) is 23.6 Å². The number of hydrogen-bond acceptors (Lipinski definition) is 6. The zero-order valence-electron chi connectivity index (χ0n) is 13.3. The number of nitrogens with zero attached hydrogens (tertiary/aromatic N) is 4. The van der Waals surface area contributed by atoms with E-state index in [-0.39, 0.29) is 11.2 Å². The quantitative estimate of drug-likeness (QED) is 0.668. The van der Waals surface area contributed by atoms with E-state index in [0.717, 1.165) is 22.5 Å². The summed E-state index contributed by atoms with van der Waals surface area (Å²) in [6.07, 6.45) is 2.50. The number of ether oxygens (including phenoxy) is 1. The van der Waals surface area contributed by atoms with Crippen molar-refractivity contribution in [2.24, 2.45) is 0 Å². The maximum absolute atomic E-state index is 12.8. The Hall–Kier alpha value is -1.64. The third kappa shape index (κ3) is 2.78. The van der Waals surface area contributed by atoms with Crippen LogP contribution >= 0.6 is 23.1 Å². The Balaban J connectivity index is 1.62. The number of morpholine rings is 1. The molecule has 1 unspecified atom stereocenters. The van der Waals surface area contributed by atoms with Crippen LogP contribution in [-0.2, 0) is 9.53 Å². The molecule has 1 aliphatic rings. The van der Waals surface area contributed by atoms with E-state index in [1.807, 2.05) is 16.2 Å². The molecule has 24 heavy (non-hydrogen) atoms. The van der Waals surface area contributed by atoms with Crippen LogP contribution in [0.3, 0.4) is 0 Å². The van der Waals surface area contributed by atoms with E-state index < -0.39 is 0 Å². The Morgan fingerprint density at radius 3 is 3.04 bits per heavy atom. The van der Waals surface area contributed by atoms with Crippen LogP contribution in [0.15, 0.2) is 28.9 Å². The van der Waals surface area contributed by atoms with Gasteiger partial charge in [-0.15, -0.1) is 21.5 Å². The van der Waals surface area contributed by atoms with Crippen molar-refractivity contribution >= 4 is 44.7 Å². The van der Waals surface area contributed by atoms with Crippen LogP contribution in [0.1, 0.15) is 13.3 Å². The van der Waals surface area contributed by atoms with E-state index in [9.17, 15) is 4.79 Å². The van der Waals surface area contributed by atoms with Gasteiger partial charge in [0.1, 0.15) is 11.4 Å². The fourth-order valence-corrected chi connectivity index (χ4v) is 4.80. The first kappa shape index (κ1) is 15.9. The molecule has 0 aromatic carbocycles. The molecule has 3 aromatic rings. The molecule has 0 radical (unpaired) electrons. The van der Waals surface area contributed by atoms with Gasteiger partial charge in [0.05, 0.1) is 34.2 Å². The van der Waals surface area contributed by atoms with E-state index in [1.54, 1.807) is 17.7 Å².